The van der Waals surface area contributed by atoms with Gasteiger partial charge in [0.15, 0.2) is 0 Å². The molecule has 1 aromatic carbocycles. The summed E-state index contributed by atoms with van der Waals surface area (Å²) >= 11 is 1.32. The van der Waals surface area contributed by atoms with E-state index in [1.54, 1.807) is 32.4 Å². The molecule has 0 atom stereocenters. The number of methoxy groups -OCH3 is 2. The summed E-state index contributed by atoms with van der Waals surface area (Å²) in [6.45, 7) is 1.60. The average molecular weight is 461 g/mol. The van der Waals surface area contributed by atoms with Gasteiger partial charge in [-0.05, 0) is 64.9 Å². The van der Waals surface area contributed by atoms with Gasteiger partial charge in [0, 0.05) is 23.9 Å². The molecule has 2 aromatic rings. The number of anilines is 1. The van der Waals surface area contributed by atoms with Gasteiger partial charge in [-0.1, -0.05) is 11.8 Å². The largest absolute Gasteiger partial charge is 0.497 e. The monoisotopic (exact) mass is 460 g/mol. The quantitative estimate of drug-likeness (QED) is 0.431. The second-order valence-corrected chi connectivity index (χ2v) is 9.01. The van der Waals surface area contributed by atoms with Gasteiger partial charge < -0.3 is 19.7 Å². The number of thioether (sulfide) groups is 1. The Hall–Kier alpha value is -2.52. The van der Waals surface area contributed by atoms with Crippen LogP contribution >= 0.6 is 11.8 Å². The van der Waals surface area contributed by atoms with Crippen LogP contribution in [0.25, 0.3) is 0 Å². The topological polar surface area (TPSA) is 85.7 Å². The molecule has 32 heavy (non-hydrogen) atoms. The highest BCUT2D eigenvalue weighted by atomic mass is 32.2. The predicted molar refractivity (Wildman–Crippen MR) is 127 cm³/mol. The maximum atomic E-state index is 12.8. The van der Waals surface area contributed by atoms with Gasteiger partial charge in [-0.2, -0.15) is 4.98 Å². The smallest absolute Gasteiger partial charge is 0.348 e. The maximum absolute atomic E-state index is 12.8. The molecule has 1 N–H and O–H groups in total. The molecule has 0 bridgehead atoms. The van der Waals surface area contributed by atoms with E-state index in [2.05, 4.69) is 15.2 Å². The number of amides is 1. The number of nitrogens with zero attached hydrogens (tertiary/aromatic N) is 3. The summed E-state index contributed by atoms with van der Waals surface area (Å²) in [6, 6.07) is 5.23. The molecule has 9 heteroatoms. The Morgan fingerprint density at radius 2 is 2.00 bits per heavy atom. The Morgan fingerprint density at radius 3 is 2.72 bits per heavy atom. The van der Waals surface area contributed by atoms with E-state index in [1.165, 1.54) is 11.8 Å². The molecule has 1 aromatic heterocycles. The first-order valence-electron chi connectivity index (χ1n) is 10.8. The highest BCUT2D eigenvalue weighted by Crippen LogP contribution is 2.31. The van der Waals surface area contributed by atoms with Gasteiger partial charge >= 0.3 is 5.69 Å². The average Bonchev–Trinajstić information content (AvgIpc) is 2.79. The Bertz CT molecular complexity index is 1010. The van der Waals surface area contributed by atoms with Gasteiger partial charge in [0.25, 0.3) is 0 Å². The van der Waals surface area contributed by atoms with E-state index in [9.17, 15) is 9.59 Å². The number of carbonyl (C=O) groups is 1. The lowest BCUT2D eigenvalue weighted by Crippen LogP contribution is -2.31. The molecule has 0 radical (unpaired) electrons. The molecule has 0 fully saturated rings. The van der Waals surface area contributed by atoms with Crippen molar-refractivity contribution >= 4 is 23.4 Å². The lowest BCUT2D eigenvalue weighted by Gasteiger charge is -2.23. The van der Waals surface area contributed by atoms with E-state index < -0.39 is 0 Å². The molecule has 0 saturated carbocycles. The lowest BCUT2D eigenvalue weighted by molar-refractivity contribution is -0.113. The molecule has 1 aliphatic carbocycles. The molecule has 1 aliphatic rings. The normalized spacial score (nSPS) is 13.0. The van der Waals surface area contributed by atoms with E-state index in [0.717, 1.165) is 49.9 Å². The number of hydrogen-bond acceptors (Lipinski definition) is 7. The number of rotatable bonds is 10. The fourth-order valence-electron chi connectivity index (χ4n) is 3.86. The van der Waals surface area contributed by atoms with Crippen LogP contribution in [0.3, 0.4) is 0 Å². The molecule has 0 aliphatic heterocycles. The fourth-order valence-corrected chi connectivity index (χ4v) is 4.74. The molecule has 1 heterocycles. The van der Waals surface area contributed by atoms with Crippen LogP contribution in [0.15, 0.2) is 28.0 Å². The fraction of sp³-hybridized carbons (Fsp3) is 0.522. The van der Waals surface area contributed by atoms with Crippen molar-refractivity contribution in [3.8, 4) is 11.5 Å². The van der Waals surface area contributed by atoms with E-state index in [4.69, 9.17) is 9.47 Å². The van der Waals surface area contributed by atoms with Gasteiger partial charge in [0.1, 0.15) is 16.5 Å². The third-order valence-electron chi connectivity index (χ3n) is 5.46. The number of nitrogens with one attached hydrogen (secondary N) is 1. The summed E-state index contributed by atoms with van der Waals surface area (Å²) in [5.74, 6) is 1.16. The second-order valence-electron chi connectivity index (χ2n) is 8.04. The number of benzene rings is 1. The van der Waals surface area contributed by atoms with Gasteiger partial charge in [-0.25, -0.2) is 4.79 Å². The third-order valence-corrected chi connectivity index (χ3v) is 6.48. The summed E-state index contributed by atoms with van der Waals surface area (Å²) in [5.41, 5.74) is 2.57. The van der Waals surface area contributed by atoms with E-state index >= 15 is 0 Å². The minimum Gasteiger partial charge on any atom is -0.497 e. The van der Waals surface area contributed by atoms with Crippen molar-refractivity contribution in [2.75, 3.05) is 45.9 Å². The summed E-state index contributed by atoms with van der Waals surface area (Å²) < 4.78 is 12.4. The van der Waals surface area contributed by atoms with Crippen molar-refractivity contribution in [2.45, 2.75) is 43.7 Å². The first-order chi connectivity index (χ1) is 15.4. The summed E-state index contributed by atoms with van der Waals surface area (Å²) in [4.78, 5) is 31.8. The standard InChI is InChI=1S/C23H32N4O4S/c1-26(2)12-7-13-27-19-9-6-5-8-17(19)22(25-23(27)29)32-15-21(28)24-18-11-10-16(30-3)14-20(18)31-4/h10-11,14H,5-9,12-13,15H2,1-4H3,(H,24,28). The molecular weight excluding hydrogens is 428 g/mol. The highest BCUT2D eigenvalue weighted by molar-refractivity contribution is 8.00. The number of ether oxygens (including phenoxy) is 2. The van der Waals surface area contributed by atoms with Crippen molar-refractivity contribution in [3.63, 3.8) is 0 Å². The van der Waals surface area contributed by atoms with Crippen LogP contribution in [0.1, 0.15) is 30.5 Å². The van der Waals surface area contributed by atoms with Crippen LogP contribution in [-0.4, -0.2) is 61.0 Å². The first-order valence-corrected chi connectivity index (χ1v) is 11.8. The van der Waals surface area contributed by atoms with Gasteiger partial charge in [-0.15, -0.1) is 0 Å². The predicted octanol–water partition coefficient (Wildman–Crippen LogP) is 2.82. The zero-order chi connectivity index (χ0) is 23.1. The molecule has 0 unspecified atom stereocenters. The van der Waals surface area contributed by atoms with Crippen LogP contribution in [0.2, 0.25) is 0 Å². The molecular formula is C23H32N4O4S. The second kappa shape index (κ2) is 11.4. The summed E-state index contributed by atoms with van der Waals surface area (Å²) in [5, 5.41) is 3.56. The van der Waals surface area contributed by atoms with Crippen molar-refractivity contribution in [2.24, 2.45) is 0 Å². The van der Waals surface area contributed by atoms with Crippen LogP contribution in [0.5, 0.6) is 11.5 Å². The van der Waals surface area contributed by atoms with Crippen LogP contribution in [-0.2, 0) is 24.2 Å². The van der Waals surface area contributed by atoms with Gasteiger partial charge in [-0.3, -0.25) is 9.36 Å². The Kier molecular flexibility index (Phi) is 8.58. The van der Waals surface area contributed by atoms with E-state index in [0.29, 0.717) is 28.8 Å². The number of hydrogen-bond donors (Lipinski definition) is 1. The minimum atomic E-state index is -0.218. The summed E-state index contributed by atoms with van der Waals surface area (Å²) in [7, 11) is 7.18. The summed E-state index contributed by atoms with van der Waals surface area (Å²) in [6.07, 6.45) is 4.84. The van der Waals surface area contributed by atoms with Crippen molar-refractivity contribution in [3.05, 3.63) is 39.9 Å². The third kappa shape index (κ3) is 6.04. The van der Waals surface area contributed by atoms with Crippen molar-refractivity contribution in [1.29, 1.82) is 0 Å². The Morgan fingerprint density at radius 1 is 1.22 bits per heavy atom. The first kappa shape index (κ1) is 24.1. The highest BCUT2D eigenvalue weighted by Gasteiger charge is 2.21. The van der Waals surface area contributed by atoms with Crippen LogP contribution in [0.4, 0.5) is 5.69 Å². The molecule has 174 valence electrons. The molecule has 8 nitrogen and oxygen atoms in total. The number of fused-ring (bicyclic) bond motifs is 1. The Labute approximate surface area is 193 Å². The molecule has 3 rings (SSSR count). The SMILES string of the molecule is COc1ccc(NC(=O)CSc2nc(=O)n(CCCN(C)C)c3c2CCCC3)c(OC)c1. The molecule has 1 amide bonds. The van der Waals surface area contributed by atoms with Crippen LogP contribution < -0.4 is 20.5 Å². The molecule has 0 saturated heterocycles. The van der Waals surface area contributed by atoms with E-state index in [-0.39, 0.29) is 17.3 Å². The lowest BCUT2D eigenvalue weighted by atomic mass is 9.97. The number of carbonyl (C=O) groups excluding carboxylic acids is 1. The number of aromatic nitrogens is 2. The zero-order valence-electron chi connectivity index (χ0n) is 19.3. The Balaban J connectivity index is 1.71. The van der Waals surface area contributed by atoms with E-state index in [1.807, 2.05) is 18.7 Å². The maximum Gasteiger partial charge on any atom is 0.348 e. The van der Waals surface area contributed by atoms with Gasteiger partial charge in [0.05, 0.1) is 25.7 Å². The van der Waals surface area contributed by atoms with Crippen LogP contribution in [0, 0.1) is 0 Å². The van der Waals surface area contributed by atoms with Crippen molar-refractivity contribution < 1.29 is 14.3 Å². The van der Waals surface area contributed by atoms with Crippen molar-refractivity contribution in [1.82, 2.24) is 14.5 Å². The molecule has 0 spiro atoms. The minimum absolute atomic E-state index is 0.165. The zero-order valence-corrected chi connectivity index (χ0v) is 20.1. The van der Waals surface area contributed by atoms with Gasteiger partial charge in [0.2, 0.25) is 5.91 Å².